The van der Waals surface area contributed by atoms with Gasteiger partial charge in [0.15, 0.2) is 5.78 Å². The van der Waals surface area contributed by atoms with Crippen molar-refractivity contribution in [3.05, 3.63) is 0 Å². The lowest BCUT2D eigenvalue weighted by atomic mass is 9.79. The Bertz CT molecular complexity index is 913. The first kappa shape index (κ1) is 35.6. The predicted molar refractivity (Wildman–Crippen MR) is 164 cm³/mol. The third-order valence-electron chi connectivity index (χ3n) is 10.1. The van der Waals surface area contributed by atoms with E-state index in [0.717, 1.165) is 57.8 Å². The zero-order valence-corrected chi connectivity index (χ0v) is 27.1. The topological polar surface area (TPSA) is 175 Å². The number of Topliss-reactive ketones (excluding diaryl/α,β-unsaturated/α-hetero) is 1. The normalized spacial score (nSPS) is 30.7. The molecule has 12 heteroatoms. The van der Waals surface area contributed by atoms with Gasteiger partial charge < -0.3 is 19.6 Å². The lowest BCUT2D eigenvalue weighted by Gasteiger charge is -2.41. The van der Waals surface area contributed by atoms with E-state index in [0.29, 0.717) is 25.4 Å². The van der Waals surface area contributed by atoms with Crippen LogP contribution in [-0.2, 0) is 23.9 Å². The van der Waals surface area contributed by atoms with E-state index in [9.17, 15) is 14.4 Å². The van der Waals surface area contributed by atoms with Gasteiger partial charge >= 0.3 is 12.0 Å². The number of rotatable bonds is 13. The summed E-state index contributed by atoms with van der Waals surface area (Å²) >= 11 is 0. The number of ketones is 1. The van der Waals surface area contributed by atoms with E-state index in [1.165, 1.54) is 16.4 Å². The van der Waals surface area contributed by atoms with E-state index >= 15 is 0 Å². The summed E-state index contributed by atoms with van der Waals surface area (Å²) in [4.78, 5) is 42.3. The van der Waals surface area contributed by atoms with Crippen LogP contribution in [0.25, 0.3) is 0 Å². The van der Waals surface area contributed by atoms with Gasteiger partial charge in [-0.05, 0) is 89.4 Å². The van der Waals surface area contributed by atoms with Crippen LogP contribution >= 0.6 is 0 Å². The van der Waals surface area contributed by atoms with Gasteiger partial charge in [0.05, 0.1) is 36.8 Å². The van der Waals surface area contributed by atoms with E-state index in [1.807, 2.05) is 20.8 Å². The number of amides is 2. The summed E-state index contributed by atoms with van der Waals surface area (Å²) in [6.07, 6.45) is 10.4. The van der Waals surface area contributed by atoms with Gasteiger partial charge in [0, 0.05) is 25.6 Å². The minimum atomic E-state index is -0.684. The molecule has 248 valence electrons. The van der Waals surface area contributed by atoms with Crippen molar-refractivity contribution in [2.75, 3.05) is 13.7 Å². The van der Waals surface area contributed by atoms with Crippen molar-refractivity contribution in [1.82, 2.24) is 15.3 Å². The molecule has 3 saturated carbocycles. The third kappa shape index (κ3) is 10.1. The van der Waals surface area contributed by atoms with E-state index in [-0.39, 0.29) is 60.4 Å². The fraction of sp³-hybridized carbons (Fsp3) is 0.903. The fourth-order valence-corrected chi connectivity index (χ4v) is 7.23. The molecule has 2 amide bonds. The zero-order chi connectivity index (χ0) is 31.7. The van der Waals surface area contributed by atoms with Crippen LogP contribution < -0.4 is 22.9 Å². The molecule has 3 rings (SSSR count). The monoisotopic (exact) mass is 610 g/mol. The second kappa shape index (κ2) is 16.5. The predicted octanol–water partition coefficient (Wildman–Crippen LogP) is 3.32. The van der Waals surface area contributed by atoms with Crippen molar-refractivity contribution in [3.8, 4) is 0 Å². The Morgan fingerprint density at radius 3 is 2.26 bits per heavy atom. The number of methoxy groups -OCH3 is 1. The Balaban J connectivity index is 1.45. The van der Waals surface area contributed by atoms with Crippen molar-refractivity contribution in [3.63, 3.8) is 0 Å². The molecular formula is C31H58N6O6. The number of nitrogens with two attached hydrogens (primary N) is 3. The van der Waals surface area contributed by atoms with Crippen LogP contribution in [0.15, 0.2) is 0 Å². The van der Waals surface area contributed by atoms with Crippen molar-refractivity contribution in [2.45, 2.75) is 147 Å². The van der Waals surface area contributed by atoms with Gasteiger partial charge in [-0.3, -0.25) is 19.6 Å². The van der Waals surface area contributed by atoms with Crippen LogP contribution in [0.3, 0.4) is 0 Å². The molecule has 12 nitrogen and oxygen atoms in total. The van der Waals surface area contributed by atoms with Crippen LogP contribution in [-0.4, -0.2) is 77.4 Å². The molecule has 0 heterocycles. The molecule has 0 aromatic rings. The van der Waals surface area contributed by atoms with E-state index < -0.39 is 11.5 Å². The van der Waals surface area contributed by atoms with Gasteiger partial charge in [-0.25, -0.2) is 16.5 Å². The minimum absolute atomic E-state index is 0.0331. The summed E-state index contributed by atoms with van der Waals surface area (Å²) in [5, 5.41) is 6.31. The summed E-state index contributed by atoms with van der Waals surface area (Å²) in [5.74, 6) is 17.9. The SMILES string of the molecule is COC1CCC(NC(C)(C)C(=O)CC2CCC(N(N)C(=O)N(N)C3CCCCC3C)CC2)CC1OC[C@@H](C)CC(=O)ON. The largest absolute Gasteiger partial charge is 0.379 e. The highest BCUT2D eigenvalue weighted by Crippen LogP contribution is 2.33. The second-order valence-electron chi connectivity index (χ2n) is 14.0. The van der Waals surface area contributed by atoms with Gasteiger partial charge in [0.1, 0.15) is 0 Å². The Labute approximate surface area is 257 Å². The fourth-order valence-electron chi connectivity index (χ4n) is 7.23. The quantitative estimate of drug-likeness (QED) is 0.137. The highest BCUT2D eigenvalue weighted by molar-refractivity contribution is 5.87. The van der Waals surface area contributed by atoms with Crippen molar-refractivity contribution in [1.29, 1.82) is 0 Å². The number of hydrazine groups is 2. The smallest absolute Gasteiger partial charge is 0.348 e. The zero-order valence-electron chi connectivity index (χ0n) is 27.1. The molecule has 0 bridgehead atoms. The maximum atomic E-state index is 13.5. The molecule has 0 aliphatic heterocycles. The molecule has 3 aliphatic carbocycles. The average Bonchev–Trinajstić information content (AvgIpc) is 2.99. The molecule has 3 aliphatic rings. The summed E-state index contributed by atoms with van der Waals surface area (Å²) in [5.41, 5.74) is -0.684. The molecule has 43 heavy (non-hydrogen) atoms. The van der Waals surface area contributed by atoms with Gasteiger partial charge in [-0.15, -0.1) is 0 Å². The molecule has 0 radical (unpaired) electrons. The van der Waals surface area contributed by atoms with Gasteiger partial charge in [0.25, 0.3) is 0 Å². The molecule has 3 fully saturated rings. The number of hydrogen-bond acceptors (Lipinski definition) is 10. The summed E-state index contributed by atoms with van der Waals surface area (Å²) < 4.78 is 11.9. The molecule has 0 spiro atoms. The first-order valence-electron chi connectivity index (χ1n) is 16.3. The lowest BCUT2D eigenvalue weighted by molar-refractivity contribution is -0.146. The first-order valence-corrected chi connectivity index (χ1v) is 16.3. The van der Waals surface area contributed by atoms with Gasteiger partial charge in [-0.2, -0.15) is 5.90 Å². The van der Waals surface area contributed by atoms with Gasteiger partial charge in [0.2, 0.25) is 0 Å². The van der Waals surface area contributed by atoms with Crippen molar-refractivity contribution >= 4 is 17.8 Å². The first-order chi connectivity index (χ1) is 20.4. The Morgan fingerprint density at radius 1 is 0.953 bits per heavy atom. The molecular weight excluding hydrogens is 552 g/mol. The maximum absolute atomic E-state index is 13.5. The van der Waals surface area contributed by atoms with E-state index in [1.54, 1.807) is 7.11 Å². The number of ether oxygens (including phenoxy) is 2. The number of nitrogens with zero attached hydrogens (tertiary/aromatic N) is 2. The molecule has 0 aromatic heterocycles. The standard InChI is InChI=1S/C31H58N6O6/c1-20(16-29(39)43-34)19-42-27-18-23(12-15-26(27)41-5)35-31(3,4)28(38)17-22-10-13-24(14-11-22)36(32)30(40)37(33)25-9-7-6-8-21(25)2/h20-27,35H,6-19,32-34H2,1-5H3/t20-,21?,22?,23?,24?,25?,26?,27?/m0/s1. The number of nitrogens with one attached hydrogen (secondary N) is 1. The maximum Gasteiger partial charge on any atom is 0.348 e. The molecule has 7 N–H and O–H groups in total. The molecule has 0 aromatic carbocycles. The molecule has 5 unspecified atom stereocenters. The highest BCUT2D eigenvalue weighted by atomic mass is 16.7. The lowest BCUT2D eigenvalue weighted by Crippen LogP contribution is -2.59. The summed E-state index contributed by atoms with van der Waals surface area (Å²) in [6.45, 7) is 8.39. The minimum Gasteiger partial charge on any atom is -0.379 e. The van der Waals surface area contributed by atoms with Gasteiger partial charge in [-0.1, -0.05) is 26.7 Å². The molecule has 0 saturated heterocycles. The highest BCUT2D eigenvalue weighted by Gasteiger charge is 2.39. The van der Waals surface area contributed by atoms with Crippen LogP contribution in [0.2, 0.25) is 0 Å². The Morgan fingerprint density at radius 2 is 1.63 bits per heavy atom. The van der Waals surface area contributed by atoms with E-state index in [2.05, 4.69) is 17.1 Å². The summed E-state index contributed by atoms with van der Waals surface area (Å²) in [6, 6.07) is -0.223. The third-order valence-corrected chi connectivity index (χ3v) is 10.1. The molecule has 6 atom stereocenters. The Kier molecular flexibility index (Phi) is 13.7. The second-order valence-corrected chi connectivity index (χ2v) is 14.0. The Hall–Kier alpha value is -1.83. The number of urea groups is 1. The van der Waals surface area contributed by atoms with E-state index in [4.69, 9.17) is 27.1 Å². The van der Waals surface area contributed by atoms with Crippen molar-refractivity contribution < 1.29 is 28.7 Å². The van der Waals surface area contributed by atoms with Crippen LogP contribution in [0.4, 0.5) is 4.79 Å². The summed E-state index contributed by atoms with van der Waals surface area (Å²) in [7, 11) is 1.69. The number of carbonyl (C=O) groups excluding carboxylic acids is 3. The van der Waals surface area contributed by atoms with Crippen LogP contribution in [0, 0.1) is 17.8 Å². The van der Waals surface area contributed by atoms with Crippen molar-refractivity contribution in [2.24, 2.45) is 35.3 Å². The van der Waals surface area contributed by atoms with Crippen LogP contribution in [0.5, 0.6) is 0 Å². The van der Waals surface area contributed by atoms with Crippen LogP contribution in [0.1, 0.15) is 111 Å². The number of carbonyl (C=O) groups is 3. The average molecular weight is 611 g/mol. The number of hydrogen-bond donors (Lipinski definition) is 4.